The van der Waals surface area contributed by atoms with Crippen LogP contribution in [0.3, 0.4) is 0 Å². The Kier molecular flexibility index (Phi) is 4.85. The van der Waals surface area contributed by atoms with Crippen molar-refractivity contribution in [2.75, 3.05) is 20.2 Å². The van der Waals surface area contributed by atoms with Gasteiger partial charge in [0.2, 0.25) is 5.91 Å². The van der Waals surface area contributed by atoms with Gasteiger partial charge >= 0.3 is 0 Å². The molecule has 1 spiro atoms. The lowest BCUT2D eigenvalue weighted by molar-refractivity contribution is -0.134. The second kappa shape index (κ2) is 7.31. The Labute approximate surface area is 164 Å². The summed E-state index contributed by atoms with van der Waals surface area (Å²) >= 11 is 0. The Morgan fingerprint density at radius 2 is 1.96 bits per heavy atom. The number of furan rings is 1. The summed E-state index contributed by atoms with van der Waals surface area (Å²) in [7, 11) is 1.60. The number of rotatable bonds is 4. The van der Waals surface area contributed by atoms with Crippen molar-refractivity contribution in [2.24, 2.45) is 0 Å². The molecule has 148 valence electrons. The van der Waals surface area contributed by atoms with Crippen molar-refractivity contribution in [1.29, 1.82) is 0 Å². The molecule has 2 aliphatic rings. The number of methoxy groups -OCH3 is 1. The molecule has 1 atom stereocenters. The van der Waals surface area contributed by atoms with E-state index in [9.17, 15) is 9.59 Å². The third-order valence-corrected chi connectivity index (χ3v) is 5.75. The van der Waals surface area contributed by atoms with Crippen LogP contribution in [0.2, 0.25) is 0 Å². The molecule has 28 heavy (non-hydrogen) atoms. The van der Waals surface area contributed by atoms with Crippen LogP contribution >= 0.6 is 0 Å². The van der Waals surface area contributed by atoms with E-state index >= 15 is 0 Å². The summed E-state index contributed by atoms with van der Waals surface area (Å²) in [6.45, 7) is 3.51. The molecule has 1 aromatic heterocycles. The highest BCUT2D eigenvalue weighted by Crippen LogP contribution is 2.34. The van der Waals surface area contributed by atoms with Crippen LogP contribution in [-0.4, -0.2) is 53.5 Å². The van der Waals surface area contributed by atoms with Crippen LogP contribution in [0.25, 0.3) is 0 Å². The van der Waals surface area contributed by atoms with Gasteiger partial charge in [0.05, 0.1) is 31.6 Å². The zero-order chi connectivity index (χ0) is 19.7. The standard InChI is InChI=1S/C21H25N3O4/c1-15-19(25)24(14-18-4-3-13-28-18)21(22-15)9-11-23(12-10-21)20(26)16-5-7-17(27-2)8-6-16/h3-8,13,15,22H,9-12,14H2,1-2H3. The lowest BCUT2D eigenvalue weighted by Gasteiger charge is -2.44. The predicted molar refractivity (Wildman–Crippen MR) is 103 cm³/mol. The first kappa shape index (κ1) is 18.6. The lowest BCUT2D eigenvalue weighted by Crippen LogP contribution is -2.59. The minimum Gasteiger partial charge on any atom is -0.497 e. The number of likely N-dealkylation sites (tertiary alicyclic amines) is 1. The molecule has 0 bridgehead atoms. The van der Waals surface area contributed by atoms with Gasteiger partial charge in [0, 0.05) is 31.5 Å². The number of piperidine rings is 1. The molecule has 0 aliphatic carbocycles. The van der Waals surface area contributed by atoms with E-state index in [1.54, 1.807) is 37.6 Å². The van der Waals surface area contributed by atoms with E-state index < -0.39 is 5.66 Å². The van der Waals surface area contributed by atoms with E-state index in [-0.39, 0.29) is 17.9 Å². The number of nitrogens with one attached hydrogen (secondary N) is 1. The quantitative estimate of drug-likeness (QED) is 0.876. The van der Waals surface area contributed by atoms with Crippen LogP contribution in [0.15, 0.2) is 47.1 Å². The Hall–Kier alpha value is -2.80. The fourth-order valence-corrected chi connectivity index (χ4v) is 4.19. The normalized spacial score (nSPS) is 21.4. The predicted octanol–water partition coefficient (Wildman–Crippen LogP) is 2.24. The average molecular weight is 383 g/mol. The van der Waals surface area contributed by atoms with E-state index in [1.807, 2.05) is 28.9 Å². The number of ether oxygens (including phenoxy) is 1. The first-order valence-electron chi connectivity index (χ1n) is 9.57. The Morgan fingerprint density at radius 1 is 1.25 bits per heavy atom. The molecule has 1 N–H and O–H groups in total. The summed E-state index contributed by atoms with van der Waals surface area (Å²) in [6.07, 6.45) is 2.99. The third kappa shape index (κ3) is 3.26. The summed E-state index contributed by atoms with van der Waals surface area (Å²) in [6, 6.07) is 10.6. The smallest absolute Gasteiger partial charge is 0.253 e. The molecule has 7 heteroatoms. The van der Waals surface area contributed by atoms with Crippen LogP contribution in [-0.2, 0) is 11.3 Å². The van der Waals surface area contributed by atoms with Gasteiger partial charge in [0.1, 0.15) is 11.5 Å². The number of carbonyl (C=O) groups excluding carboxylic acids is 2. The average Bonchev–Trinajstić information content (AvgIpc) is 3.31. The van der Waals surface area contributed by atoms with Crippen LogP contribution < -0.4 is 10.1 Å². The summed E-state index contributed by atoms with van der Waals surface area (Å²) in [5.41, 5.74) is 0.216. The number of hydrogen-bond donors (Lipinski definition) is 1. The van der Waals surface area contributed by atoms with Crippen LogP contribution in [0, 0.1) is 0 Å². The van der Waals surface area contributed by atoms with Crippen LogP contribution in [0.1, 0.15) is 35.9 Å². The maximum atomic E-state index is 12.8. The number of nitrogens with zero attached hydrogens (tertiary/aromatic N) is 2. The van der Waals surface area contributed by atoms with Crippen molar-refractivity contribution in [3.8, 4) is 5.75 Å². The maximum absolute atomic E-state index is 12.8. The first-order chi connectivity index (χ1) is 13.5. The minimum atomic E-state index is -0.431. The molecule has 4 rings (SSSR count). The molecule has 1 unspecified atom stereocenters. The van der Waals surface area contributed by atoms with Gasteiger partial charge in [-0.3, -0.25) is 14.9 Å². The molecule has 2 saturated heterocycles. The summed E-state index contributed by atoms with van der Waals surface area (Å²) in [5.74, 6) is 1.57. The van der Waals surface area contributed by atoms with E-state index in [4.69, 9.17) is 9.15 Å². The zero-order valence-electron chi connectivity index (χ0n) is 16.2. The van der Waals surface area contributed by atoms with Crippen molar-refractivity contribution in [2.45, 2.75) is 38.0 Å². The highest BCUT2D eigenvalue weighted by molar-refractivity contribution is 5.94. The highest BCUT2D eigenvalue weighted by atomic mass is 16.5. The monoisotopic (exact) mass is 383 g/mol. The fourth-order valence-electron chi connectivity index (χ4n) is 4.19. The van der Waals surface area contributed by atoms with Gasteiger partial charge in [-0.25, -0.2) is 0 Å². The van der Waals surface area contributed by atoms with Gasteiger partial charge < -0.3 is 19.0 Å². The van der Waals surface area contributed by atoms with Crippen molar-refractivity contribution in [3.05, 3.63) is 54.0 Å². The molecule has 2 amide bonds. The van der Waals surface area contributed by atoms with Crippen LogP contribution in [0.4, 0.5) is 0 Å². The minimum absolute atomic E-state index is 0.00691. The number of benzene rings is 1. The van der Waals surface area contributed by atoms with Gasteiger partial charge in [-0.05, 0) is 43.3 Å². The maximum Gasteiger partial charge on any atom is 0.253 e. The Bertz CT molecular complexity index is 839. The van der Waals surface area contributed by atoms with Crippen molar-refractivity contribution in [3.63, 3.8) is 0 Å². The Balaban J connectivity index is 1.46. The van der Waals surface area contributed by atoms with Gasteiger partial charge in [0.15, 0.2) is 0 Å². The van der Waals surface area contributed by atoms with Gasteiger partial charge in [-0.15, -0.1) is 0 Å². The molecule has 2 aromatic rings. The molecule has 1 aromatic carbocycles. The van der Waals surface area contributed by atoms with E-state index in [1.165, 1.54) is 0 Å². The second-order valence-electron chi connectivity index (χ2n) is 7.42. The summed E-state index contributed by atoms with van der Waals surface area (Å²) in [4.78, 5) is 29.3. The largest absolute Gasteiger partial charge is 0.497 e. The zero-order valence-corrected chi connectivity index (χ0v) is 16.2. The molecule has 7 nitrogen and oxygen atoms in total. The van der Waals surface area contributed by atoms with Crippen molar-refractivity contribution < 1.29 is 18.7 Å². The molecule has 0 radical (unpaired) electrons. The number of amides is 2. The van der Waals surface area contributed by atoms with Crippen molar-refractivity contribution in [1.82, 2.24) is 15.1 Å². The molecule has 3 heterocycles. The fraction of sp³-hybridized carbons (Fsp3) is 0.429. The molecule has 2 aliphatic heterocycles. The first-order valence-corrected chi connectivity index (χ1v) is 9.57. The van der Waals surface area contributed by atoms with Crippen LogP contribution in [0.5, 0.6) is 5.75 Å². The van der Waals surface area contributed by atoms with Gasteiger partial charge in [-0.2, -0.15) is 0 Å². The molecule has 0 saturated carbocycles. The third-order valence-electron chi connectivity index (χ3n) is 5.75. The van der Waals surface area contributed by atoms with Crippen molar-refractivity contribution >= 4 is 11.8 Å². The summed E-state index contributed by atoms with van der Waals surface area (Å²) < 4.78 is 10.6. The Morgan fingerprint density at radius 3 is 2.57 bits per heavy atom. The van der Waals surface area contributed by atoms with E-state index in [0.717, 1.165) is 11.5 Å². The molecular weight excluding hydrogens is 358 g/mol. The number of hydrogen-bond acceptors (Lipinski definition) is 5. The van der Waals surface area contributed by atoms with Gasteiger partial charge in [-0.1, -0.05) is 0 Å². The molecular formula is C21H25N3O4. The summed E-state index contributed by atoms with van der Waals surface area (Å²) in [5, 5.41) is 3.48. The highest BCUT2D eigenvalue weighted by Gasteiger charge is 2.50. The lowest BCUT2D eigenvalue weighted by atomic mass is 9.95. The second-order valence-corrected chi connectivity index (χ2v) is 7.42. The van der Waals surface area contributed by atoms with Gasteiger partial charge in [0.25, 0.3) is 5.91 Å². The SMILES string of the molecule is COc1ccc(C(=O)N2CCC3(CC2)NC(C)C(=O)N3Cc2ccco2)cc1. The van der Waals surface area contributed by atoms with E-state index in [0.29, 0.717) is 38.0 Å². The topological polar surface area (TPSA) is 75.0 Å². The van der Waals surface area contributed by atoms with E-state index in [2.05, 4.69) is 5.32 Å². The number of carbonyl (C=O) groups is 2. The molecule has 2 fully saturated rings.